The molecular formula is C12H17NO2S. The number of benzene rings is 1. The van der Waals surface area contributed by atoms with Crippen molar-refractivity contribution in [3.8, 4) is 0 Å². The Balaban J connectivity index is 2.89. The number of rotatable bonds is 5. The first-order valence-corrected chi connectivity index (χ1v) is 6.41. The Bertz CT molecular complexity index is 366. The van der Waals surface area contributed by atoms with Gasteiger partial charge < -0.3 is 10.4 Å². The van der Waals surface area contributed by atoms with Crippen LogP contribution in [0.2, 0.25) is 0 Å². The lowest BCUT2D eigenvalue weighted by Crippen LogP contribution is -2.34. The van der Waals surface area contributed by atoms with Gasteiger partial charge >= 0.3 is 5.97 Å². The maximum Gasteiger partial charge on any atom is 0.326 e. The van der Waals surface area contributed by atoms with E-state index in [2.05, 4.69) is 5.32 Å². The molecule has 0 aliphatic heterocycles. The zero-order valence-corrected chi connectivity index (χ0v) is 10.5. The largest absolute Gasteiger partial charge is 0.480 e. The fourth-order valence-corrected chi connectivity index (χ4v) is 2.01. The predicted molar refractivity (Wildman–Crippen MR) is 68.1 cm³/mol. The Labute approximate surface area is 100 Å². The molecule has 0 saturated carbocycles. The van der Waals surface area contributed by atoms with Crippen molar-refractivity contribution in [3.63, 3.8) is 0 Å². The van der Waals surface area contributed by atoms with Gasteiger partial charge in [0.15, 0.2) is 0 Å². The summed E-state index contributed by atoms with van der Waals surface area (Å²) in [5.74, 6) is -0.765. The Morgan fingerprint density at radius 1 is 1.38 bits per heavy atom. The average molecular weight is 239 g/mol. The van der Waals surface area contributed by atoms with E-state index in [4.69, 9.17) is 5.11 Å². The third-order valence-electron chi connectivity index (χ3n) is 2.35. The average Bonchev–Trinajstić information content (AvgIpc) is 2.25. The third-order valence-corrected chi connectivity index (χ3v) is 3.15. The molecule has 0 aromatic heterocycles. The number of carboxylic acid groups (broad SMARTS) is 1. The van der Waals surface area contributed by atoms with Crippen LogP contribution >= 0.6 is 11.8 Å². The first-order chi connectivity index (χ1) is 7.56. The molecule has 2 N–H and O–H groups in total. The summed E-state index contributed by atoms with van der Waals surface area (Å²) < 4.78 is 0. The van der Waals surface area contributed by atoms with E-state index in [9.17, 15) is 4.79 Å². The molecule has 0 heterocycles. The second-order valence-electron chi connectivity index (χ2n) is 3.90. The quantitative estimate of drug-likeness (QED) is 0.776. The molecule has 1 aromatic rings. The van der Waals surface area contributed by atoms with Crippen LogP contribution in [-0.2, 0) is 4.79 Å². The molecule has 16 heavy (non-hydrogen) atoms. The second-order valence-corrected chi connectivity index (χ2v) is 4.75. The number of carboxylic acids is 1. The number of hydrogen-bond acceptors (Lipinski definition) is 3. The van der Waals surface area contributed by atoms with Crippen LogP contribution in [-0.4, -0.2) is 23.4 Å². The zero-order chi connectivity index (χ0) is 12.1. The van der Waals surface area contributed by atoms with E-state index in [1.165, 1.54) is 0 Å². The highest BCUT2D eigenvalue weighted by molar-refractivity contribution is 7.98. The van der Waals surface area contributed by atoms with Crippen LogP contribution in [0.1, 0.15) is 13.8 Å². The van der Waals surface area contributed by atoms with Crippen molar-refractivity contribution in [1.82, 2.24) is 0 Å². The van der Waals surface area contributed by atoms with Gasteiger partial charge in [-0.3, -0.25) is 0 Å². The SMILES string of the molecule is CSc1ccccc1N[C@H](C(=O)O)C(C)C. The molecule has 0 spiro atoms. The molecule has 0 fully saturated rings. The van der Waals surface area contributed by atoms with Crippen molar-refractivity contribution in [2.45, 2.75) is 24.8 Å². The fourth-order valence-electron chi connectivity index (χ4n) is 1.44. The minimum Gasteiger partial charge on any atom is -0.480 e. The summed E-state index contributed by atoms with van der Waals surface area (Å²) in [5, 5.41) is 12.2. The number of nitrogens with one attached hydrogen (secondary N) is 1. The minimum absolute atomic E-state index is 0.0485. The van der Waals surface area contributed by atoms with Gasteiger partial charge in [0.2, 0.25) is 0 Å². The van der Waals surface area contributed by atoms with Crippen molar-refractivity contribution < 1.29 is 9.90 Å². The number of anilines is 1. The summed E-state index contributed by atoms with van der Waals surface area (Å²) in [6.07, 6.45) is 1.98. The van der Waals surface area contributed by atoms with E-state index in [1.807, 2.05) is 44.4 Å². The molecule has 4 heteroatoms. The fraction of sp³-hybridized carbons (Fsp3) is 0.417. The number of thioether (sulfide) groups is 1. The normalized spacial score (nSPS) is 12.5. The summed E-state index contributed by atoms with van der Waals surface area (Å²) in [5.41, 5.74) is 0.885. The van der Waals surface area contributed by atoms with Crippen LogP contribution in [0, 0.1) is 5.92 Å². The summed E-state index contributed by atoms with van der Waals surface area (Å²) >= 11 is 1.61. The molecule has 1 aromatic carbocycles. The Morgan fingerprint density at radius 3 is 2.50 bits per heavy atom. The van der Waals surface area contributed by atoms with Crippen molar-refractivity contribution >= 4 is 23.4 Å². The summed E-state index contributed by atoms with van der Waals surface area (Å²) in [7, 11) is 0. The van der Waals surface area contributed by atoms with Crippen LogP contribution in [0.25, 0.3) is 0 Å². The van der Waals surface area contributed by atoms with Crippen LogP contribution in [0.5, 0.6) is 0 Å². The standard InChI is InChI=1S/C12H17NO2S/c1-8(2)11(12(14)15)13-9-6-4-5-7-10(9)16-3/h4-8,11,13H,1-3H3,(H,14,15)/t11-/m0/s1. The van der Waals surface area contributed by atoms with Crippen LogP contribution in [0.15, 0.2) is 29.2 Å². The Morgan fingerprint density at radius 2 is 2.00 bits per heavy atom. The summed E-state index contributed by atoms with van der Waals surface area (Å²) in [6, 6.07) is 7.19. The van der Waals surface area contributed by atoms with E-state index < -0.39 is 12.0 Å². The molecule has 0 radical (unpaired) electrons. The lowest BCUT2D eigenvalue weighted by atomic mass is 10.0. The van der Waals surface area contributed by atoms with Crippen molar-refractivity contribution in [2.75, 3.05) is 11.6 Å². The minimum atomic E-state index is -0.814. The van der Waals surface area contributed by atoms with Crippen LogP contribution < -0.4 is 5.32 Å². The topological polar surface area (TPSA) is 49.3 Å². The highest BCUT2D eigenvalue weighted by atomic mass is 32.2. The number of carbonyl (C=O) groups is 1. The van der Waals surface area contributed by atoms with E-state index in [-0.39, 0.29) is 5.92 Å². The van der Waals surface area contributed by atoms with Gasteiger partial charge in [0.25, 0.3) is 0 Å². The first kappa shape index (κ1) is 12.9. The Hall–Kier alpha value is -1.16. The molecule has 3 nitrogen and oxygen atoms in total. The third kappa shape index (κ3) is 3.17. The first-order valence-electron chi connectivity index (χ1n) is 5.18. The van der Waals surface area contributed by atoms with E-state index in [1.54, 1.807) is 11.8 Å². The van der Waals surface area contributed by atoms with Gasteiger partial charge in [-0.25, -0.2) is 4.79 Å². The second kappa shape index (κ2) is 5.80. The monoisotopic (exact) mass is 239 g/mol. The number of hydrogen-bond donors (Lipinski definition) is 2. The van der Waals surface area contributed by atoms with Crippen molar-refractivity contribution in [3.05, 3.63) is 24.3 Å². The van der Waals surface area contributed by atoms with Gasteiger partial charge in [0, 0.05) is 10.6 Å². The molecule has 1 atom stereocenters. The van der Waals surface area contributed by atoms with E-state index in [0.29, 0.717) is 0 Å². The van der Waals surface area contributed by atoms with Gasteiger partial charge in [-0.2, -0.15) is 0 Å². The molecule has 0 aliphatic rings. The maximum atomic E-state index is 11.1. The van der Waals surface area contributed by atoms with E-state index in [0.717, 1.165) is 10.6 Å². The van der Waals surface area contributed by atoms with E-state index >= 15 is 0 Å². The number of aliphatic carboxylic acids is 1. The van der Waals surface area contributed by atoms with Gasteiger partial charge in [0.05, 0.1) is 0 Å². The highest BCUT2D eigenvalue weighted by Crippen LogP contribution is 2.26. The molecule has 0 unspecified atom stereocenters. The van der Waals surface area contributed by atoms with Crippen LogP contribution in [0.4, 0.5) is 5.69 Å². The van der Waals surface area contributed by atoms with Gasteiger partial charge in [-0.1, -0.05) is 26.0 Å². The molecule has 0 bridgehead atoms. The summed E-state index contributed by atoms with van der Waals surface area (Å²) in [6.45, 7) is 3.79. The molecule has 0 aliphatic carbocycles. The van der Waals surface area contributed by atoms with Crippen molar-refractivity contribution in [1.29, 1.82) is 0 Å². The molecular weight excluding hydrogens is 222 g/mol. The van der Waals surface area contributed by atoms with Gasteiger partial charge in [-0.15, -0.1) is 11.8 Å². The summed E-state index contributed by atoms with van der Waals surface area (Å²) in [4.78, 5) is 12.1. The molecule has 88 valence electrons. The lowest BCUT2D eigenvalue weighted by molar-refractivity contribution is -0.138. The lowest BCUT2D eigenvalue weighted by Gasteiger charge is -2.20. The molecule has 0 saturated heterocycles. The predicted octanol–water partition coefficient (Wildman–Crippen LogP) is 2.93. The molecule has 0 amide bonds. The number of para-hydroxylation sites is 1. The van der Waals surface area contributed by atoms with Crippen molar-refractivity contribution in [2.24, 2.45) is 5.92 Å². The highest BCUT2D eigenvalue weighted by Gasteiger charge is 2.21. The maximum absolute atomic E-state index is 11.1. The zero-order valence-electron chi connectivity index (χ0n) is 9.73. The Kier molecular flexibility index (Phi) is 4.68. The van der Waals surface area contributed by atoms with Gasteiger partial charge in [-0.05, 0) is 24.3 Å². The van der Waals surface area contributed by atoms with Gasteiger partial charge in [0.1, 0.15) is 6.04 Å². The smallest absolute Gasteiger partial charge is 0.326 e. The molecule has 1 rings (SSSR count). The van der Waals surface area contributed by atoms with Crippen LogP contribution in [0.3, 0.4) is 0 Å².